The van der Waals surface area contributed by atoms with Gasteiger partial charge in [-0.05, 0) is 52.1 Å². The summed E-state index contributed by atoms with van der Waals surface area (Å²) in [7, 11) is 0. The zero-order valence-corrected chi connectivity index (χ0v) is 9.17. The largest absolute Gasteiger partial charge is 0.460 e. The first-order chi connectivity index (χ1) is 6.47. The van der Waals surface area contributed by atoms with Gasteiger partial charge in [-0.15, -0.1) is 0 Å². The van der Waals surface area contributed by atoms with Gasteiger partial charge in [-0.3, -0.25) is 4.79 Å². The topological polar surface area (TPSA) is 38.3 Å². The summed E-state index contributed by atoms with van der Waals surface area (Å²) < 4.78 is 5.41. The molecule has 1 aliphatic carbocycles. The second-order valence-corrected chi connectivity index (χ2v) is 5.47. The number of carbonyl (C=O) groups is 1. The fourth-order valence-electron chi connectivity index (χ4n) is 2.50. The van der Waals surface area contributed by atoms with Gasteiger partial charge in [0, 0.05) is 0 Å². The van der Waals surface area contributed by atoms with Gasteiger partial charge >= 0.3 is 5.97 Å². The maximum atomic E-state index is 11.8. The second-order valence-electron chi connectivity index (χ2n) is 5.47. The Balaban J connectivity index is 1.93. The van der Waals surface area contributed by atoms with Crippen LogP contribution in [0.1, 0.15) is 27.2 Å². The van der Waals surface area contributed by atoms with Crippen molar-refractivity contribution in [3.05, 3.63) is 0 Å². The monoisotopic (exact) mass is 197 g/mol. The molecule has 2 bridgehead atoms. The Hall–Kier alpha value is -0.570. The molecule has 3 heteroatoms. The van der Waals surface area contributed by atoms with Gasteiger partial charge in [0.2, 0.25) is 0 Å². The SMILES string of the molecule is CC(C)(C)OC(=O)C1C2CNCC1C2. The molecule has 3 fully saturated rings. The van der Waals surface area contributed by atoms with Crippen LogP contribution in [0.25, 0.3) is 0 Å². The lowest BCUT2D eigenvalue weighted by Crippen LogP contribution is -2.57. The van der Waals surface area contributed by atoms with E-state index in [1.807, 2.05) is 20.8 Å². The van der Waals surface area contributed by atoms with Crippen molar-refractivity contribution in [3.8, 4) is 0 Å². The zero-order chi connectivity index (χ0) is 10.3. The van der Waals surface area contributed by atoms with E-state index in [0.29, 0.717) is 11.8 Å². The number of fused-ring (bicyclic) bond motifs is 2. The van der Waals surface area contributed by atoms with Crippen LogP contribution in [-0.4, -0.2) is 24.7 Å². The normalized spacial score (nSPS) is 36.1. The Morgan fingerprint density at radius 2 is 1.86 bits per heavy atom. The van der Waals surface area contributed by atoms with Crippen molar-refractivity contribution < 1.29 is 9.53 Å². The molecule has 0 aromatic rings. The minimum absolute atomic E-state index is 0.0141. The number of hydrogen-bond acceptors (Lipinski definition) is 3. The van der Waals surface area contributed by atoms with Gasteiger partial charge in [-0.1, -0.05) is 0 Å². The molecule has 2 unspecified atom stereocenters. The van der Waals surface area contributed by atoms with E-state index in [9.17, 15) is 4.79 Å². The highest BCUT2D eigenvalue weighted by atomic mass is 16.6. The molecule has 3 aliphatic rings. The fourth-order valence-corrected chi connectivity index (χ4v) is 2.50. The van der Waals surface area contributed by atoms with Crippen LogP contribution in [0.15, 0.2) is 0 Å². The third-order valence-corrected chi connectivity index (χ3v) is 3.11. The molecule has 0 spiro atoms. The molecule has 80 valence electrons. The highest BCUT2D eigenvalue weighted by Crippen LogP contribution is 2.43. The molecule has 2 atom stereocenters. The van der Waals surface area contributed by atoms with Gasteiger partial charge in [0.15, 0.2) is 0 Å². The summed E-state index contributed by atoms with van der Waals surface area (Å²) in [6.07, 6.45) is 1.21. The second kappa shape index (κ2) is 3.23. The number of esters is 1. The number of rotatable bonds is 1. The predicted octanol–water partition coefficient (Wildman–Crippen LogP) is 1.18. The number of ether oxygens (including phenoxy) is 1. The summed E-state index contributed by atoms with van der Waals surface area (Å²) >= 11 is 0. The lowest BCUT2D eigenvalue weighted by molar-refractivity contribution is -0.172. The molecule has 1 N–H and O–H groups in total. The summed E-state index contributed by atoms with van der Waals surface area (Å²) in [5.41, 5.74) is -0.339. The van der Waals surface area contributed by atoms with Crippen LogP contribution < -0.4 is 5.32 Å². The van der Waals surface area contributed by atoms with Gasteiger partial charge in [0.1, 0.15) is 5.60 Å². The summed E-state index contributed by atoms with van der Waals surface area (Å²) in [5.74, 6) is 1.25. The lowest BCUT2D eigenvalue weighted by atomic mass is 9.62. The minimum Gasteiger partial charge on any atom is -0.460 e. The number of hydrogen-bond donors (Lipinski definition) is 1. The van der Waals surface area contributed by atoms with E-state index in [1.54, 1.807) is 0 Å². The molecule has 2 saturated heterocycles. The third-order valence-electron chi connectivity index (χ3n) is 3.11. The summed E-state index contributed by atoms with van der Waals surface area (Å²) in [5, 5.41) is 3.32. The van der Waals surface area contributed by atoms with Crippen LogP contribution in [0.3, 0.4) is 0 Å². The Bertz CT molecular complexity index is 230. The van der Waals surface area contributed by atoms with Crippen molar-refractivity contribution in [1.29, 1.82) is 0 Å². The molecule has 1 saturated carbocycles. The first kappa shape index (κ1) is 9.97. The molecule has 0 aromatic carbocycles. The van der Waals surface area contributed by atoms with E-state index in [4.69, 9.17) is 4.74 Å². The maximum Gasteiger partial charge on any atom is 0.310 e. The van der Waals surface area contributed by atoms with E-state index in [2.05, 4.69) is 5.32 Å². The zero-order valence-electron chi connectivity index (χ0n) is 9.17. The average Bonchev–Trinajstić information content (AvgIpc) is 2.01. The Kier molecular flexibility index (Phi) is 2.30. The molecule has 14 heavy (non-hydrogen) atoms. The Morgan fingerprint density at radius 1 is 1.29 bits per heavy atom. The Labute approximate surface area is 85.2 Å². The summed E-state index contributed by atoms with van der Waals surface area (Å²) in [4.78, 5) is 11.8. The quantitative estimate of drug-likeness (QED) is 0.642. The highest BCUT2D eigenvalue weighted by molar-refractivity contribution is 5.75. The standard InChI is InChI=1S/C11H19NO2/c1-11(2,3)14-10(13)9-7-4-8(9)6-12-5-7/h7-9,12H,4-6H2,1-3H3. The van der Waals surface area contributed by atoms with E-state index >= 15 is 0 Å². The van der Waals surface area contributed by atoms with Crippen molar-refractivity contribution >= 4 is 5.97 Å². The van der Waals surface area contributed by atoms with E-state index in [1.165, 1.54) is 6.42 Å². The van der Waals surface area contributed by atoms with Crippen molar-refractivity contribution in [2.75, 3.05) is 13.1 Å². The summed E-state index contributed by atoms with van der Waals surface area (Å²) in [6, 6.07) is 0. The summed E-state index contributed by atoms with van der Waals surface area (Å²) in [6.45, 7) is 7.76. The molecular weight excluding hydrogens is 178 g/mol. The van der Waals surface area contributed by atoms with E-state index in [-0.39, 0.29) is 17.5 Å². The van der Waals surface area contributed by atoms with Crippen molar-refractivity contribution in [1.82, 2.24) is 5.32 Å². The van der Waals surface area contributed by atoms with Gasteiger partial charge in [0.05, 0.1) is 5.92 Å². The van der Waals surface area contributed by atoms with E-state index < -0.39 is 0 Å². The molecule has 3 rings (SSSR count). The minimum atomic E-state index is -0.339. The molecule has 0 amide bonds. The van der Waals surface area contributed by atoms with Gasteiger partial charge in [-0.2, -0.15) is 0 Å². The number of carbonyl (C=O) groups excluding carboxylic acids is 1. The molecule has 0 aromatic heterocycles. The Morgan fingerprint density at radius 3 is 2.29 bits per heavy atom. The van der Waals surface area contributed by atoms with Crippen molar-refractivity contribution in [2.45, 2.75) is 32.8 Å². The third kappa shape index (κ3) is 1.78. The molecule has 2 heterocycles. The molecular formula is C11H19NO2. The van der Waals surface area contributed by atoms with Crippen LogP contribution in [0.4, 0.5) is 0 Å². The van der Waals surface area contributed by atoms with Crippen molar-refractivity contribution in [3.63, 3.8) is 0 Å². The lowest BCUT2D eigenvalue weighted by Gasteiger charge is -2.48. The smallest absolute Gasteiger partial charge is 0.310 e. The fraction of sp³-hybridized carbons (Fsp3) is 0.909. The van der Waals surface area contributed by atoms with Crippen LogP contribution >= 0.6 is 0 Å². The number of piperidine rings is 2. The van der Waals surface area contributed by atoms with Crippen LogP contribution in [0, 0.1) is 17.8 Å². The van der Waals surface area contributed by atoms with Crippen LogP contribution in [-0.2, 0) is 9.53 Å². The molecule has 3 nitrogen and oxygen atoms in total. The maximum absolute atomic E-state index is 11.8. The average molecular weight is 197 g/mol. The first-order valence-corrected chi connectivity index (χ1v) is 5.41. The predicted molar refractivity (Wildman–Crippen MR) is 53.8 cm³/mol. The van der Waals surface area contributed by atoms with Gasteiger partial charge < -0.3 is 10.1 Å². The highest BCUT2D eigenvalue weighted by Gasteiger charge is 2.49. The molecule has 2 aliphatic heterocycles. The first-order valence-electron chi connectivity index (χ1n) is 5.41. The van der Waals surface area contributed by atoms with Crippen LogP contribution in [0.2, 0.25) is 0 Å². The number of nitrogens with one attached hydrogen (secondary N) is 1. The molecule has 0 radical (unpaired) electrons. The van der Waals surface area contributed by atoms with Crippen molar-refractivity contribution in [2.24, 2.45) is 17.8 Å². The van der Waals surface area contributed by atoms with Gasteiger partial charge in [-0.25, -0.2) is 0 Å². The van der Waals surface area contributed by atoms with Crippen LogP contribution in [0.5, 0.6) is 0 Å². The van der Waals surface area contributed by atoms with Gasteiger partial charge in [0.25, 0.3) is 0 Å². The van der Waals surface area contributed by atoms with E-state index in [0.717, 1.165) is 13.1 Å².